The van der Waals surface area contributed by atoms with Gasteiger partial charge >= 0.3 is 0 Å². The largest absolute Gasteiger partial charge is 0.494 e. The van der Waals surface area contributed by atoms with E-state index in [4.69, 9.17) is 9.47 Å². The van der Waals surface area contributed by atoms with E-state index in [0.29, 0.717) is 29.4 Å². The summed E-state index contributed by atoms with van der Waals surface area (Å²) in [6, 6.07) is 19.9. The van der Waals surface area contributed by atoms with Crippen LogP contribution in [0.1, 0.15) is 18.1 Å². The van der Waals surface area contributed by atoms with Crippen molar-refractivity contribution < 1.29 is 22.7 Å². The molecule has 7 heteroatoms. The van der Waals surface area contributed by atoms with Gasteiger partial charge in [-0.3, -0.25) is 4.79 Å². The van der Waals surface area contributed by atoms with Gasteiger partial charge in [-0.05, 0) is 74.4 Å². The molecule has 0 saturated heterocycles. The van der Waals surface area contributed by atoms with Gasteiger partial charge in [-0.2, -0.15) is 4.31 Å². The van der Waals surface area contributed by atoms with Crippen molar-refractivity contribution in [1.82, 2.24) is 0 Å². The number of benzene rings is 3. The van der Waals surface area contributed by atoms with Gasteiger partial charge in [-0.1, -0.05) is 30.3 Å². The highest BCUT2D eigenvalue weighted by atomic mass is 32.2. The van der Waals surface area contributed by atoms with Gasteiger partial charge in [-0.25, -0.2) is 8.42 Å². The van der Waals surface area contributed by atoms with Gasteiger partial charge in [-0.15, -0.1) is 0 Å². The predicted molar refractivity (Wildman–Crippen MR) is 120 cm³/mol. The summed E-state index contributed by atoms with van der Waals surface area (Å²) >= 11 is 0. The minimum Gasteiger partial charge on any atom is -0.494 e. The number of aryl methyl sites for hydroxylation is 1. The molecule has 31 heavy (non-hydrogen) atoms. The first-order valence-corrected chi connectivity index (χ1v) is 11.3. The molecule has 0 aliphatic rings. The summed E-state index contributed by atoms with van der Waals surface area (Å²) < 4.78 is 38.6. The summed E-state index contributed by atoms with van der Waals surface area (Å²) in [7, 11) is -4.13. The molecule has 0 unspecified atom stereocenters. The zero-order valence-corrected chi connectivity index (χ0v) is 18.6. The van der Waals surface area contributed by atoms with Crippen molar-refractivity contribution in [3.05, 3.63) is 83.9 Å². The van der Waals surface area contributed by atoms with E-state index in [1.807, 2.05) is 19.9 Å². The molecule has 0 bridgehead atoms. The Morgan fingerprint density at radius 3 is 2.06 bits per heavy atom. The molecular weight excluding hydrogens is 414 g/mol. The molecule has 0 aliphatic heterocycles. The number of nitrogens with zero attached hydrogens (tertiary/aromatic N) is 1. The van der Waals surface area contributed by atoms with Crippen LogP contribution in [0.4, 0.5) is 5.69 Å². The zero-order valence-electron chi connectivity index (χ0n) is 17.7. The van der Waals surface area contributed by atoms with Crippen LogP contribution in [-0.2, 0) is 14.8 Å². The SMILES string of the molecule is CCOc1ccc(OCC(=O)N(c2cccc(C)c2C)S(=O)(=O)c2ccccc2)cc1. The quantitative estimate of drug-likeness (QED) is 0.517. The molecule has 0 N–H and O–H groups in total. The van der Waals surface area contributed by atoms with Crippen molar-refractivity contribution in [2.45, 2.75) is 25.7 Å². The summed E-state index contributed by atoms with van der Waals surface area (Å²) in [6.07, 6.45) is 0. The van der Waals surface area contributed by atoms with Crippen LogP contribution >= 0.6 is 0 Å². The van der Waals surface area contributed by atoms with Crippen molar-refractivity contribution >= 4 is 21.6 Å². The Hall–Kier alpha value is -3.32. The monoisotopic (exact) mass is 439 g/mol. The lowest BCUT2D eigenvalue weighted by molar-refractivity contribution is -0.119. The Balaban J connectivity index is 1.92. The highest BCUT2D eigenvalue weighted by Crippen LogP contribution is 2.29. The molecule has 3 rings (SSSR count). The lowest BCUT2D eigenvalue weighted by Crippen LogP contribution is -2.40. The number of carbonyl (C=O) groups excluding carboxylic acids is 1. The molecule has 0 heterocycles. The molecule has 162 valence electrons. The first-order valence-electron chi connectivity index (χ1n) is 9.89. The fourth-order valence-corrected chi connectivity index (χ4v) is 4.54. The van der Waals surface area contributed by atoms with Crippen LogP contribution in [0.5, 0.6) is 11.5 Å². The Morgan fingerprint density at radius 2 is 1.45 bits per heavy atom. The highest BCUT2D eigenvalue weighted by Gasteiger charge is 2.32. The van der Waals surface area contributed by atoms with Crippen LogP contribution in [0.3, 0.4) is 0 Å². The van der Waals surface area contributed by atoms with Crippen LogP contribution in [-0.4, -0.2) is 27.5 Å². The molecule has 0 radical (unpaired) electrons. The second-order valence-corrected chi connectivity index (χ2v) is 8.68. The number of amides is 1. The molecule has 0 aliphatic carbocycles. The van der Waals surface area contributed by atoms with E-state index in [1.54, 1.807) is 61.5 Å². The summed E-state index contributed by atoms with van der Waals surface area (Å²) in [5.41, 5.74) is 1.89. The van der Waals surface area contributed by atoms with Crippen LogP contribution in [0.25, 0.3) is 0 Å². The predicted octanol–water partition coefficient (Wildman–Crippen LogP) is 4.50. The van der Waals surface area contributed by atoms with Gasteiger partial charge in [0, 0.05) is 0 Å². The topological polar surface area (TPSA) is 72.9 Å². The Morgan fingerprint density at radius 1 is 0.839 bits per heavy atom. The third-order valence-corrected chi connectivity index (χ3v) is 6.55. The molecular formula is C24H25NO5S. The fourth-order valence-electron chi connectivity index (χ4n) is 3.05. The third kappa shape index (κ3) is 5.06. The van der Waals surface area contributed by atoms with Crippen LogP contribution in [0.15, 0.2) is 77.7 Å². The van der Waals surface area contributed by atoms with E-state index in [1.165, 1.54) is 12.1 Å². The second kappa shape index (κ2) is 9.66. The number of sulfonamides is 1. The lowest BCUT2D eigenvalue weighted by atomic mass is 10.1. The summed E-state index contributed by atoms with van der Waals surface area (Å²) in [5.74, 6) is 0.436. The van der Waals surface area contributed by atoms with Gasteiger partial charge in [0.15, 0.2) is 6.61 Å². The molecule has 1 amide bonds. The Labute approximate surface area is 183 Å². The van der Waals surface area contributed by atoms with E-state index in [2.05, 4.69) is 0 Å². The molecule has 3 aromatic rings. The van der Waals surface area contributed by atoms with Crippen LogP contribution in [0, 0.1) is 13.8 Å². The normalized spacial score (nSPS) is 11.1. The van der Waals surface area contributed by atoms with E-state index < -0.39 is 22.5 Å². The number of carbonyl (C=O) groups is 1. The average Bonchev–Trinajstić information content (AvgIpc) is 2.77. The van der Waals surface area contributed by atoms with Gasteiger partial charge < -0.3 is 9.47 Å². The number of hydrogen-bond acceptors (Lipinski definition) is 5. The van der Waals surface area contributed by atoms with Crippen molar-refractivity contribution in [3.63, 3.8) is 0 Å². The standard InChI is InChI=1S/C24H25NO5S/c1-4-29-20-13-15-21(16-14-20)30-17-24(26)25(23-12-8-9-18(2)19(23)3)31(27,28)22-10-6-5-7-11-22/h5-16H,4,17H2,1-3H3. The smallest absolute Gasteiger partial charge is 0.278 e. The minimum atomic E-state index is -4.13. The number of hydrogen-bond donors (Lipinski definition) is 0. The summed E-state index contributed by atoms with van der Waals surface area (Å²) in [5, 5.41) is 0. The van der Waals surface area contributed by atoms with Crippen molar-refractivity contribution in [1.29, 1.82) is 0 Å². The van der Waals surface area contributed by atoms with E-state index in [0.717, 1.165) is 9.87 Å². The average molecular weight is 440 g/mol. The Bertz CT molecular complexity index is 1140. The van der Waals surface area contributed by atoms with Crippen molar-refractivity contribution in [3.8, 4) is 11.5 Å². The molecule has 0 fully saturated rings. The maximum atomic E-state index is 13.4. The van der Waals surface area contributed by atoms with Crippen LogP contribution < -0.4 is 13.8 Å². The summed E-state index contributed by atoms with van der Waals surface area (Å²) in [6.45, 7) is 5.65. The molecule has 0 aromatic heterocycles. The fraction of sp³-hybridized carbons (Fsp3) is 0.208. The summed E-state index contributed by atoms with van der Waals surface area (Å²) in [4.78, 5) is 13.2. The first-order chi connectivity index (χ1) is 14.8. The van der Waals surface area contributed by atoms with E-state index >= 15 is 0 Å². The lowest BCUT2D eigenvalue weighted by Gasteiger charge is -2.25. The zero-order chi connectivity index (χ0) is 22.4. The van der Waals surface area contributed by atoms with Crippen molar-refractivity contribution in [2.75, 3.05) is 17.5 Å². The second-order valence-electron chi connectivity index (χ2n) is 6.89. The maximum Gasteiger partial charge on any atom is 0.278 e. The third-order valence-electron chi connectivity index (χ3n) is 4.80. The molecule has 0 spiro atoms. The van der Waals surface area contributed by atoms with Gasteiger partial charge in [0.05, 0.1) is 17.2 Å². The molecule has 3 aromatic carbocycles. The number of rotatable bonds is 8. The van der Waals surface area contributed by atoms with Gasteiger partial charge in [0.25, 0.3) is 15.9 Å². The molecule has 0 saturated carbocycles. The van der Waals surface area contributed by atoms with Crippen LogP contribution in [0.2, 0.25) is 0 Å². The number of ether oxygens (including phenoxy) is 2. The van der Waals surface area contributed by atoms with E-state index in [9.17, 15) is 13.2 Å². The van der Waals surface area contributed by atoms with Crippen molar-refractivity contribution in [2.24, 2.45) is 0 Å². The first kappa shape index (κ1) is 22.4. The number of anilines is 1. The minimum absolute atomic E-state index is 0.0327. The molecule has 6 nitrogen and oxygen atoms in total. The van der Waals surface area contributed by atoms with Gasteiger partial charge in [0.1, 0.15) is 11.5 Å². The maximum absolute atomic E-state index is 13.4. The molecule has 0 atom stereocenters. The van der Waals surface area contributed by atoms with Gasteiger partial charge in [0.2, 0.25) is 0 Å². The highest BCUT2D eigenvalue weighted by molar-refractivity contribution is 7.93. The van der Waals surface area contributed by atoms with E-state index in [-0.39, 0.29) is 4.90 Å². The Kier molecular flexibility index (Phi) is 6.97.